The summed E-state index contributed by atoms with van der Waals surface area (Å²) < 4.78 is 6.03. The predicted octanol–water partition coefficient (Wildman–Crippen LogP) is 3.91. The molecule has 2 nitrogen and oxygen atoms in total. The zero-order valence-corrected chi connectivity index (χ0v) is 12.6. The van der Waals surface area contributed by atoms with E-state index in [2.05, 4.69) is 38.2 Å². The van der Waals surface area contributed by atoms with Crippen molar-refractivity contribution in [2.24, 2.45) is 5.92 Å². The maximum Gasteiger partial charge on any atom is 0.0805 e. The highest BCUT2D eigenvalue weighted by Gasteiger charge is 2.38. The molecule has 0 aliphatic heterocycles. The quantitative estimate of drug-likeness (QED) is 0.771. The minimum absolute atomic E-state index is 0.361. The molecule has 1 heterocycles. The van der Waals surface area contributed by atoms with Gasteiger partial charge in [-0.3, -0.25) is 0 Å². The number of hydrogen-bond donors (Lipinski definition) is 1. The normalized spacial score (nSPS) is 18.8. The second-order valence-corrected chi connectivity index (χ2v) is 6.46. The summed E-state index contributed by atoms with van der Waals surface area (Å²) in [4.78, 5) is 2.82. The fraction of sp³-hybridized carbons (Fsp3) is 0.733. The molecule has 1 aliphatic carbocycles. The van der Waals surface area contributed by atoms with E-state index in [4.69, 9.17) is 4.74 Å². The minimum atomic E-state index is 0.361. The van der Waals surface area contributed by atoms with Crippen LogP contribution in [0.25, 0.3) is 0 Å². The molecule has 0 saturated heterocycles. The van der Waals surface area contributed by atoms with Gasteiger partial charge in [-0.25, -0.2) is 0 Å². The van der Waals surface area contributed by atoms with Gasteiger partial charge < -0.3 is 10.1 Å². The average Bonchev–Trinajstić information content (AvgIpc) is 3.11. The van der Waals surface area contributed by atoms with E-state index in [1.54, 1.807) is 0 Å². The molecule has 0 amide bonds. The summed E-state index contributed by atoms with van der Waals surface area (Å²) in [5.41, 5.74) is 0. The second-order valence-electron chi connectivity index (χ2n) is 5.14. The van der Waals surface area contributed by atoms with Crippen LogP contribution < -0.4 is 5.32 Å². The van der Waals surface area contributed by atoms with Crippen molar-refractivity contribution in [2.45, 2.75) is 52.2 Å². The second kappa shape index (κ2) is 6.69. The molecule has 1 aromatic rings. The number of aryl methyl sites for hydroxylation is 1. The Morgan fingerprint density at radius 3 is 2.67 bits per heavy atom. The largest absolute Gasteiger partial charge is 0.376 e. The number of rotatable bonds is 8. The third kappa shape index (κ3) is 3.56. The Bertz CT molecular complexity index is 359. The number of hydrogen-bond acceptors (Lipinski definition) is 3. The summed E-state index contributed by atoms with van der Waals surface area (Å²) in [6.07, 6.45) is 4.20. The van der Waals surface area contributed by atoms with Crippen LogP contribution in [0.1, 0.15) is 48.9 Å². The first-order chi connectivity index (χ1) is 8.76. The summed E-state index contributed by atoms with van der Waals surface area (Å²) in [6.45, 7) is 8.38. The third-order valence-electron chi connectivity index (χ3n) is 3.46. The number of nitrogens with one attached hydrogen (secondary N) is 1. The van der Waals surface area contributed by atoms with Crippen molar-refractivity contribution < 1.29 is 4.74 Å². The van der Waals surface area contributed by atoms with E-state index in [9.17, 15) is 0 Å². The fourth-order valence-corrected chi connectivity index (χ4v) is 3.41. The number of thiophene rings is 1. The van der Waals surface area contributed by atoms with Crippen molar-refractivity contribution in [1.82, 2.24) is 5.32 Å². The first-order valence-electron chi connectivity index (χ1n) is 7.17. The van der Waals surface area contributed by atoms with Gasteiger partial charge in [0.15, 0.2) is 0 Å². The Hall–Kier alpha value is -0.380. The molecular formula is C15H25NOS. The van der Waals surface area contributed by atoms with Crippen LogP contribution in [0.15, 0.2) is 12.1 Å². The van der Waals surface area contributed by atoms with Crippen LogP contribution in [-0.2, 0) is 4.74 Å². The summed E-state index contributed by atoms with van der Waals surface area (Å²) in [7, 11) is 0. The summed E-state index contributed by atoms with van der Waals surface area (Å²) in [5.74, 6) is 0.765. The van der Waals surface area contributed by atoms with Gasteiger partial charge in [0.25, 0.3) is 0 Å². The van der Waals surface area contributed by atoms with Crippen molar-refractivity contribution >= 4 is 11.3 Å². The lowest BCUT2D eigenvalue weighted by Gasteiger charge is -2.27. The van der Waals surface area contributed by atoms with Crippen molar-refractivity contribution in [3.05, 3.63) is 21.9 Å². The van der Waals surface area contributed by atoms with E-state index < -0.39 is 0 Å². The van der Waals surface area contributed by atoms with Crippen LogP contribution in [0, 0.1) is 12.8 Å². The topological polar surface area (TPSA) is 21.3 Å². The Morgan fingerprint density at radius 1 is 1.39 bits per heavy atom. The Kier molecular flexibility index (Phi) is 5.22. The molecule has 1 aromatic heterocycles. The maximum atomic E-state index is 6.03. The van der Waals surface area contributed by atoms with Crippen LogP contribution in [-0.4, -0.2) is 19.3 Å². The van der Waals surface area contributed by atoms with Crippen LogP contribution in [0.4, 0.5) is 0 Å². The van der Waals surface area contributed by atoms with E-state index in [0.717, 1.165) is 19.1 Å². The zero-order valence-electron chi connectivity index (χ0n) is 11.7. The van der Waals surface area contributed by atoms with Gasteiger partial charge in [0, 0.05) is 16.4 Å². The average molecular weight is 267 g/mol. The monoisotopic (exact) mass is 267 g/mol. The molecule has 2 rings (SSSR count). The van der Waals surface area contributed by atoms with E-state index >= 15 is 0 Å². The smallest absolute Gasteiger partial charge is 0.0805 e. The van der Waals surface area contributed by atoms with Crippen molar-refractivity contribution in [3.63, 3.8) is 0 Å². The predicted molar refractivity (Wildman–Crippen MR) is 78.2 cm³/mol. The Morgan fingerprint density at radius 2 is 2.17 bits per heavy atom. The van der Waals surface area contributed by atoms with Crippen molar-refractivity contribution in [2.75, 3.05) is 13.2 Å². The molecular weight excluding hydrogens is 242 g/mol. The molecule has 18 heavy (non-hydrogen) atoms. The summed E-state index contributed by atoms with van der Waals surface area (Å²) in [6, 6.07) is 4.87. The molecule has 1 aliphatic rings. The van der Waals surface area contributed by atoms with Crippen molar-refractivity contribution in [3.8, 4) is 0 Å². The highest BCUT2D eigenvalue weighted by molar-refractivity contribution is 7.12. The number of ether oxygens (including phenoxy) is 1. The maximum absolute atomic E-state index is 6.03. The molecule has 0 bridgehead atoms. The van der Waals surface area contributed by atoms with Gasteiger partial charge in [-0.2, -0.15) is 0 Å². The van der Waals surface area contributed by atoms with Gasteiger partial charge >= 0.3 is 0 Å². The van der Waals surface area contributed by atoms with Gasteiger partial charge in [-0.05, 0) is 57.7 Å². The summed E-state index contributed by atoms with van der Waals surface area (Å²) >= 11 is 1.90. The molecule has 2 atom stereocenters. The highest BCUT2D eigenvalue weighted by atomic mass is 32.1. The molecule has 1 saturated carbocycles. The molecule has 1 fully saturated rings. The van der Waals surface area contributed by atoms with Gasteiger partial charge in [0.1, 0.15) is 0 Å². The third-order valence-corrected chi connectivity index (χ3v) is 4.54. The van der Waals surface area contributed by atoms with Gasteiger partial charge in [0.2, 0.25) is 0 Å². The fourth-order valence-electron chi connectivity index (χ4n) is 2.42. The van der Waals surface area contributed by atoms with Crippen LogP contribution in [0.2, 0.25) is 0 Å². The van der Waals surface area contributed by atoms with E-state index in [-0.39, 0.29) is 0 Å². The lowest BCUT2D eigenvalue weighted by atomic mass is 10.0. The molecule has 102 valence electrons. The highest BCUT2D eigenvalue weighted by Crippen LogP contribution is 2.41. The molecule has 3 heteroatoms. The SMILES string of the molecule is CCCNC(c1ccc(C)s1)C(OCC)C1CC1. The van der Waals surface area contributed by atoms with E-state index in [1.165, 1.54) is 29.0 Å². The standard InChI is InChI=1S/C15H25NOS/c1-4-10-16-14(13-9-6-11(3)18-13)15(17-5-2)12-7-8-12/h6,9,12,14-16H,4-5,7-8,10H2,1-3H3. The van der Waals surface area contributed by atoms with E-state index in [1.807, 2.05) is 11.3 Å². The molecule has 0 radical (unpaired) electrons. The lowest BCUT2D eigenvalue weighted by molar-refractivity contribution is 0.0195. The molecule has 1 N–H and O–H groups in total. The minimum Gasteiger partial charge on any atom is -0.376 e. The first kappa shape index (κ1) is 14.0. The Balaban J connectivity index is 2.11. The van der Waals surface area contributed by atoms with Gasteiger partial charge in [-0.15, -0.1) is 11.3 Å². The molecule has 0 spiro atoms. The molecule has 2 unspecified atom stereocenters. The van der Waals surface area contributed by atoms with E-state index in [0.29, 0.717) is 12.1 Å². The van der Waals surface area contributed by atoms with Gasteiger partial charge in [0.05, 0.1) is 12.1 Å². The zero-order chi connectivity index (χ0) is 13.0. The van der Waals surface area contributed by atoms with Crippen molar-refractivity contribution in [1.29, 1.82) is 0 Å². The van der Waals surface area contributed by atoms with Gasteiger partial charge in [-0.1, -0.05) is 6.92 Å². The Labute approximate surface area is 115 Å². The van der Waals surface area contributed by atoms with Crippen LogP contribution in [0.5, 0.6) is 0 Å². The van der Waals surface area contributed by atoms with Crippen LogP contribution >= 0.6 is 11.3 Å². The lowest BCUT2D eigenvalue weighted by Crippen LogP contribution is -2.35. The first-order valence-corrected chi connectivity index (χ1v) is 7.99. The summed E-state index contributed by atoms with van der Waals surface area (Å²) in [5, 5.41) is 3.69. The molecule has 0 aromatic carbocycles. The van der Waals surface area contributed by atoms with Crippen LogP contribution in [0.3, 0.4) is 0 Å².